The molecule has 0 aliphatic heterocycles. The van der Waals surface area contributed by atoms with Crippen LogP contribution in [-0.2, 0) is 0 Å². The van der Waals surface area contributed by atoms with E-state index in [9.17, 15) is 9.59 Å². The molecule has 0 bridgehead atoms. The maximum Gasteiger partial charge on any atom is 0.312 e. The van der Waals surface area contributed by atoms with Crippen LogP contribution in [0.5, 0.6) is 0 Å². The van der Waals surface area contributed by atoms with Crippen LogP contribution in [0.3, 0.4) is 0 Å². The first-order chi connectivity index (χ1) is 6.63. The molecule has 0 spiro atoms. The minimum Gasteiger partial charge on any atom is -0.408 e. The van der Waals surface area contributed by atoms with Gasteiger partial charge in [-0.1, -0.05) is 12.1 Å². The van der Waals surface area contributed by atoms with Gasteiger partial charge in [-0.3, -0.25) is 9.59 Å². The summed E-state index contributed by atoms with van der Waals surface area (Å²) in [6.07, 6.45) is 0. The summed E-state index contributed by atoms with van der Waals surface area (Å²) in [5.41, 5.74) is -1.69. The fraction of sp³-hybridized carbons (Fsp3) is 0. The number of hydrogen-bond acceptors (Lipinski definition) is 4. The maximum atomic E-state index is 11.3. The van der Waals surface area contributed by atoms with Crippen molar-refractivity contribution in [3.05, 3.63) is 45.0 Å². The van der Waals surface area contributed by atoms with Crippen LogP contribution in [0.25, 0.3) is 10.8 Å². The van der Waals surface area contributed by atoms with E-state index in [0.717, 1.165) is 0 Å². The van der Waals surface area contributed by atoms with E-state index in [1.165, 1.54) is 12.1 Å². The second-order valence-electron chi connectivity index (χ2n) is 2.73. The molecule has 6 nitrogen and oxygen atoms in total. The Labute approximate surface area is 76.8 Å². The molecule has 0 saturated heterocycles. The predicted octanol–water partition coefficient (Wildman–Crippen LogP) is -0.362. The zero-order chi connectivity index (χ0) is 10.3. The van der Waals surface area contributed by atoms with Crippen LogP contribution in [0.15, 0.2) is 33.9 Å². The molecule has 14 heavy (non-hydrogen) atoms. The smallest absolute Gasteiger partial charge is 0.312 e. The molecule has 0 amide bonds. The normalized spacial score (nSPS) is 10.6. The highest BCUT2D eigenvalue weighted by atomic mass is 16.6. The van der Waals surface area contributed by atoms with Crippen LogP contribution in [0.1, 0.15) is 0 Å². The van der Waals surface area contributed by atoms with Crippen LogP contribution in [0.4, 0.5) is 0 Å². The molecule has 0 aliphatic carbocycles. The molecular weight excluding hydrogens is 188 g/mol. The van der Waals surface area contributed by atoms with Crippen LogP contribution in [-0.4, -0.2) is 20.1 Å². The number of benzene rings is 1. The number of nitrogens with zero attached hydrogens (tertiary/aromatic N) is 2. The van der Waals surface area contributed by atoms with Crippen LogP contribution < -0.4 is 11.1 Å². The van der Waals surface area contributed by atoms with Crippen molar-refractivity contribution in [2.45, 2.75) is 0 Å². The molecule has 0 aliphatic rings. The van der Waals surface area contributed by atoms with Gasteiger partial charge in [-0.25, -0.2) is 0 Å². The zero-order valence-electron chi connectivity index (χ0n) is 6.91. The van der Waals surface area contributed by atoms with Crippen molar-refractivity contribution in [1.82, 2.24) is 9.69 Å². The van der Waals surface area contributed by atoms with Gasteiger partial charge in [-0.2, -0.15) is 0 Å². The summed E-state index contributed by atoms with van der Waals surface area (Å²) in [6, 6.07) is 5.91. The Kier molecular flexibility index (Phi) is 1.57. The minimum atomic E-state index is -0.845. The van der Waals surface area contributed by atoms with Gasteiger partial charge < -0.3 is 10.4 Å². The summed E-state index contributed by atoms with van der Waals surface area (Å²) < 4.78 is 0. The molecule has 1 aromatic carbocycles. The van der Waals surface area contributed by atoms with E-state index in [1.807, 2.05) is 0 Å². The summed E-state index contributed by atoms with van der Waals surface area (Å²) in [7, 11) is 0. The van der Waals surface area contributed by atoms with Crippen molar-refractivity contribution >= 4 is 10.8 Å². The van der Waals surface area contributed by atoms with Crippen molar-refractivity contribution in [2.75, 3.05) is 0 Å². The molecule has 72 valence electrons. The number of aromatic nitrogens is 2. The van der Waals surface area contributed by atoms with Crippen LogP contribution in [0.2, 0.25) is 0 Å². The van der Waals surface area contributed by atoms with Crippen molar-refractivity contribution in [3.8, 4) is 0 Å². The first-order valence-electron chi connectivity index (χ1n) is 3.78. The molecule has 1 aromatic heterocycles. The van der Waals surface area contributed by atoms with E-state index < -0.39 is 11.1 Å². The number of rotatable bonds is 0. The third-order valence-corrected chi connectivity index (χ3v) is 1.93. The lowest BCUT2D eigenvalue weighted by atomic mass is 10.2. The van der Waals surface area contributed by atoms with E-state index in [2.05, 4.69) is 0 Å². The Morgan fingerprint density at radius 3 is 1.57 bits per heavy atom. The van der Waals surface area contributed by atoms with Gasteiger partial charge in [0.15, 0.2) is 0 Å². The first-order valence-corrected chi connectivity index (χ1v) is 3.78. The van der Waals surface area contributed by atoms with Crippen LogP contribution >= 0.6 is 0 Å². The molecule has 0 fully saturated rings. The topological polar surface area (TPSA) is 84.5 Å². The maximum absolute atomic E-state index is 11.3. The average Bonchev–Trinajstić information content (AvgIpc) is 2.23. The second kappa shape index (κ2) is 2.63. The van der Waals surface area contributed by atoms with E-state index in [0.29, 0.717) is 0 Å². The molecule has 0 radical (unpaired) electrons. The fourth-order valence-corrected chi connectivity index (χ4v) is 1.24. The molecule has 1 heterocycles. The third kappa shape index (κ3) is 0.905. The third-order valence-electron chi connectivity index (χ3n) is 1.93. The van der Waals surface area contributed by atoms with Gasteiger partial charge in [0.05, 0.1) is 10.8 Å². The highest BCUT2D eigenvalue weighted by Gasteiger charge is 2.09. The van der Waals surface area contributed by atoms with Gasteiger partial charge in [0.1, 0.15) is 0 Å². The Morgan fingerprint density at radius 2 is 1.21 bits per heavy atom. The average molecular weight is 194 g/mol. The Bertz CT molecular complexity index is 556. The summed E-state index contributed by atoms with van der Waals surface area (Å²) in [6.45, 7) is 0. The summed E-state index contributed by atoms with van der Waals surface area (Å²) in [5.74, 6) is 0. The molecule has 0 saturated carbocycles. The molecule has 2 N–H and O–H groups in total. The monoisotopic (exact) mass is 194 g/mol. The van der Waals surface area contributed by atoms with Gasteiger partial charge >= 0.3 is 11.1 Å². The molecule has 2 aromatic rings. The molecule has 0 unspecified atom stereocenters. The number of hydrogen-bond donors (Lipinski definition) is 2. The lowest BCUT2D eigenvalue weighted by molar-refractivity contribution is -0.0266. The van der Waals surface area contributed by atoms with E-state index in [1.54, 1.807) is 12.1 Å². The quantitative estimate of drug-likeness (QED) is 0.561. The van der Waals surface area contributed by atoms with E-state index >= 15 is 0 Å². The highest BCUT2D eigenvalue weighted by molar-refractivity contribution is 5.80. The largest absolute Gasteiger partial charge is 0.408 e. The second-order valence-corrected chi connectivity index (χ2v) is 2.73. The first kappa shape index (κ1) is 8.36. The van der Waals surface area contributed by atoms with Crippen LogP contribution in [0, 0.1) is 0 Å². The van der Waals surface area contributed by atoms with Crippen molar-refractivity contribution in [2.24, 2.45) is 0 Å². The lowest BCUT2D eigenvalue weighted by Gasteiger charge is -2.03. The Balaban J connectivity index is 3.19. The lowest BCUT2D eigenvalue weighted by Crippen LogP contribution is -2.36. The fourth-order valence-electron chi connectivity index (χ4n) is 1.24. The standard InChI is InChI=1S/C8H6N2O4/c11-7-5-3-1-2-4-6(5)8(12)10(14)9(7)13/h1-4,13-14H. The van der Waals surface area contributed by atoms with Gasteiger partial charge in [0.25, 0.3) is 0 Å². The molecule has 0 atom stereocenters. The van der Waals surface area contributed by atoms with E-state index in [-0.39, 0.29) is 20.5 Å². The highest BCUT2D eigenvalue weighted by Crippen LogP contribution is 2.02. The summed E-state index contributed by atoms with van der Waals surface area (Å²) in [5, 5.41) is 18.1. The van der Waals surface area contributed by atoms with Crippen molar-refractivity contribution in [3.63, 3.8) is 0 Å². The van der Waals surface area contributed by atoms with Gasteiger partial charge in [0, 0.05) is 0 Å². The van der Waals surface area contributed by atoms with E-state index in [4.69, 9.17) is 10.4 Å². The number of fused-ring (bicyclic) bond motifs is 1. The predicted molar refractivity (Wildman–Crippen MR) is 46.8 cm³/mol. The molecular formula is C8H6N2O4. The minimum absolute atomic E-state index is 0.0605. The Hall–Kier alpha value is -2.24. The van der Waals surface area contributed by atoms with Gasteiger partial charge in [-0.05, 0) is 21.8 Å². The zero-order valence-corrected chi connectivity index (χ0v) is 6.91. The summed E-state index contributed by atoms with van der Waals surface area (Å²) in [4.78, 5) is 22.3. The van der Waals surface area contributed by atoms with Crippen molar-refractivity contribution < 1.29 is 10.4 Å². The molecule has 6 heteroatoms. The SMILES string of the molecule is O=c1c2ccccc2c(=O)n(O)n1O. The van der Waals surface area contributed by atoms with Gasteiger partial charge in [0.2, 0.25) is 0 Å². The Morgan fingerprint density at radius 1 is 0.857 bits per heavy atom. The summed E-state index contributed by atoms with van der Waals surface area (Å²) >= 11 is 0. The van der Waals surface area contributed by atoms with Crippen molar-refractivity contribution in [1.29, 1.82) is 0 Å². The van der Waals surface area contributed by atoms with Gasteiger partial charge in [-0.15, -0.1) is 0 Å². The molecule has 2 rings (SSSR count).